The number of aliphatic hydroxyl groups is 1. The summed E-state index contributed by atoms with van der Waals surface area (Å²) in [4.78, 5) is 59.5. The van der Waals surface area contributed by atoms with E-state index in [0.717, 1.165) is 0 Å². The maximum atomic E-state index is 12.5. The molecule has 12 nitrogen and oxygen atoms in total. The molecule has 5 atom stereocenters. The van der Waals surface area contributed by atoms with E-state index in [9.17, 15) is 34.2 Å². The summed E-state index contributed by atoms with van der Waals surface area (Å²) >= 11 is 0. The summed E-state index contributed by atoms with van der Waals surface area (Å²) < 4.78 is 0. The number of hydrogen-bond donors (Lipinski definition) is 7. The van der Waals surface area contributed by atoms with Crippen LogP contribution in [0.5, 0.6) is 0 Å². The molecule has 0 aromatic rings. The molecule has 0 aromatic carbocycles. The van der Waals surface area contributed by atoms with Gasteiger partial charge in [-0.3, -0.25) is 19.2 Å². The molecule has 5 unspecified atom stereocenters. The van der Waals surface area contributed by atoms with Gasteiger partial charge >= 0.3 is 11.9 Å². The molecular weight excluding hydrogens is 412 g/mol. The highest BCUT2D eigenvalue weighted by molar-refractivity contribution is 5.95. The Labute approximate surface area is 180 Å². The minimum Gasteiger partial charge on any atom is -0.481 e. The summed E-state index contributed by atoms with van der Waals surface area (Å²) in [5.41, 5.74) is 5.79. The van der Waals surface area contributed by atoms with Gasteiger partial charge in [-0.2, -0.15) is 0 Å². The smallest absolute Gasteiger partial charge is 0.326 e. The molecule has 0 bridgehead atoms. The lowest BCUT2D eigenvalue weighted by atomic mass is 9.99. The Kier molecular flexibility index (Phi) is 12.4. The third-order valence-electron chi connectivity index (χ3n) is 4.71. The molecule has 0 aliphatic heterocycles. The number of hydrogen-bond acceptors (Lipinski definition) is 7. The predicted molar refractivity (Wildman–Crippen MR) is 110 cm³/mol. The van der Waals surface area contributed by atoms with Gasteiger partial charge < -0.3 is 37.0 Å². The second-order valence-corrected chi connectivity index (χ2v) is 7.84. The number of nitrogens with two attached hydrogens (primary N) is 1. The van der Waals surface area contributed by atoms with Crippen molar-refractivity contribution >= 4 is 29.7 Å². The lowest BCUT2D eigenvalue weighted by Crippen LogP contribution is -2.59. The molecule has 0 saturated heterocycles. The van der Waals surface area contributed by atoms with Crippen molar-refractivity contribution in [1.29, 1.82) is 0 Å². The zero-order chi connectivity index (χ0) is 24.3. The number of carboxylic acid groups (broad SMARTS) is 2. The lowest BCUT2D eigenvalue weighted by Gasteiger charge is -2.25. The number of aliphatic carboxylic acids is 2. The molecule has 0 radical (unpaired) electrons. The summed E-state index contributed by atoms with van der Waals surface area (Å²) in [6, 6.07) is -5.30. The quantitative estimate of drug-likeness (QED) is 0.164. The van der Waals surface area contributed by atoms with Crippen molar-refractivity contribution in [1.82, 2.24) is 16.0 Å². The van der Waals surface area contributed by atoms with Crippen molar-refractivity contribution in [3.05, 3.63) is 0 Å². The summed E-state index contributed by atoms with van der Waals surface area (Å²) in [5.74, 6) is -5.70. The van der Waals surface area contributed by atoms with Gasteiger partial charge in [-0.1, -0.05) is 34.1 Å². The van der Waals surface area contributed by atoms with Crippen LogP contribution in [0.2, 0.25) is 0 Å². The number of rotatable bonds is 14. The Morgan fingerprint density at radius 2 is 1.32 bits per heavy atom. The van der Waals surface area contributed by atoms with Crippen LogP contribution < -0.4 is 21.7 Å². The van der Waals surface area contributed by atoms with Crippen LogP contribution in [0.15, 0.2) is 0 Å². The molecule has 0 spiro atoms. The van der Waals surface area contributed by atoms with Gasteiger partial charge in [0.05, 0.1) is 19.1 Å². The molecule has 12 heteroatoms. The Hall–Kier alpha value is -2.73. The highest BCUT2D eigenvalue weighted by Crippen LogP contribution is 2.07. The predicted octanol–water partition coefficient (Wildman–Crippen LogP) is -1.59. The number of carboxylic acids is 2. The van der Waals surface area contributed by atoms with Gasteiger partial charge in [-0.25, -0.2) is 4.79 Å². The second kappa shape index (κ2) is 13.5. The fraction of sp³-hybridized carbons (Fsp3) is 0.737. The zero-order valence-corrected chi connectivity index (χ0v) is 18.3. The summed E-state index contributed by atoms with van der Waals surface area (Å²) in [6.07, 6.45) is -0.131. The normalized spacial score (nSPS) is 15.8. The lowest BCUT2D eigenvalue weighted by molar-refractivity contribution is -0.144. The molecule has 31 heavy (non-hydrogen) atoms. The second-order valence-electron chi connectivity index (χ2n) is 7.84. The van der Waals surface area contributed by atoms with E-state index in [1.54, 1.807) is 20.8 Å². The highest BCUT2D eigenvalue weighted by Gasteiger charge is 2.32. The standard InChI is InChI=1S/C19H34N4O8/c1-5-10(4)15(20)18(29)23-13(8-24)17(28)21-11(7-14(25)26)16(27)22-12(19(30)31)6-9(2)3/h9-13,15,24H,5-8,20H2,1-4H3,(H,21,28)(H,22,27)(H,23,29)(H,25,26)(H,30,31). The SMILES string of the molecule is CCC(C)C(N)C(=O)NC(CO)C(=O)NC(CC(=O)O)C(=O)NC(CC(C)C)C(=O)O. The first-order valence-electron chi connectivity index (χ1n) is 10.1. The van der Waals surface area contributed by atoms with Crippen molar-refractivity contribution < 1.29 is 39.3 Å². The van der Waals surface area contributed by atoms with Gasteiger partial charge in [0.15, 0.2) is 0 Å². The van der Waals surface area contributed by atoms with Gasteiger partial charge in [0.25, 0.3) is 0 Å². The van der Waals surface area contributed by atoms with Crippen LogP contribution in [0.3, 0.4) is 0 Å². The van der Waals surface area contributed by atoms with Crippen LogP contribution in [0, 0.1) is 11.8 Å². The number of nitrogens with one attached hydrogen (secondary N) is 3. The maximum absolute atomic E-state index is 12.5. The van der Waals surface area contributed by atoms with Crippen molar-refractivity contribution in [3.63, 3.8) is 0 Å². The Morgan fingerprint density at radius 3 is 1.74 bits per heavy atom. The van der Waals surface area contributed by atoms with Crippen molar-refractivity contribution in [3.8, 4) is 0 Å². The molecule has 0 saturated carbocycles. The first-order valence-corrected chi connectivity index (χ1v) is 10.1. The molecule has 8 N–H and O–H groups in total. The first kappa shape index (κ1) is 28.3. The molecule has 3 amide bonds. The maximum Gasteiger partial charge on any atom is 0.326 e. The average Bonchev–Trinajstić information content (AvgIpc) is 2.68. The van der Waals surface area contributed by atoms with Gasteiger partial charge in [0.1, 0.15) is 18.1 Å². The van der Waals surface area contributed by atoms with Gasteiger partial charge in [-0.05, 0) is 18.3 Å². The van der Waals surface area contributed by atoms with Gasteiger partial charge in [-0.15, -0.1) is 0 Å². The van der Waals surface area contributed by atoms with Crippen LogP contribution in [0.1, 0.15) is 47.0 Å². The number of carbonyl (C=O) groups is 5. The zero-order valence-electron chi connectivity index (χ0n) is 18.3. The number of carbonyl (C=O) groups excluding carboxylic acids is 3. The Balaban J connectivity index is 5.32. The molecule has 0 aliphatic carbocycles. The summed E-state index contributed by atoms with van der Waals surface area (Å²) in [7, 11) is 0. The number of amides is 3. The van der Waals surface area contributed by atoms with E-state index in [0.29, 0.717) is 6.42 Å². The van der Waals surface area contributed by atoms with Crippen LogP contribution in [0.25, 0.3) is 0 Å². The van der Waals surface area contributed by atoms with E-state index < -0.39 is 66.9 Å². The molecule has 0 fully saturated rings. The Bertz CT molecular complexity index is 655. The summed E-state index contributed by atoms with van der Waals surface area (Å²) in [5, 5.41) is 34.4. The van der Waals surface area contributed by atoms with Crippen LogP contribution in [-0.4, -0.2) is 75.8 Å². The highest BCUT2D eigenvalue weighted by atomic mass is 16.4. The Morgan fingerprint density at radius 1 is 0.839 bits per heavy atom. The van der Waals surface area contributed by atoms with Crippen molar-refractivity contribution in [2.24, 2.45) is 17.6 Å². The molecule has 178 valence electrons. The van der Waals surface area contributed by atoms with Gasteiger partial charge in [0, 0.05) is 0 Å². The monoisotopic (exact) mass is 446 g/mol. The number of aliphatic hydroxyl groups excluding tert-OH is 1. The van der Waals surface area contributed by atoms with Gasteiger partial charge in [0.2, 0.25) is 17.7 Å². The first-order chi connectivity index (χ1) is 14.3. The van der Waals surface area contributed by atoms with Crippen molar-refractivity contribution in [2.75, 3.05) is 6.61 Å². The minimum absolute atomic E-state index is 0.0717. The minimum atomic E-state index is -1.62. The van der Waals surface area contributed by atoms with E-state index in [-0.39, 0.29) is 18.3 Å². The van der Waals surface area contributed by atoms with E-state index in [2.05, 4.69) is 16.0 Å². The summed E-state index contributed by atoms with van der Waals surface area (Å²) in [6.45, 7) is 6.24. The van der Waals surface area contributed by atoms with E-state index in [4.69, 9.17) is 10.8 Å². The third-order valence-corrected chi connectivity index (χ3v) is 4.71. The fourth-order valence-corrected chi connectivity index (χ4v) is 2.60. The van der Waals surface area contributed by atoms with Crippen LogP contribution >= 0.6 is 0 Å². The van der Waals surface area contributed by atoms with E-state index in [1.807, 2.05) is 6.92 Å². The average molecular weight is 447 g/mol. The van der Waals surface area contributed by atoms with E-state index >= 15 is 0 Å². The molecule has 0 aromatic heterocycles. The van der Waals surface area contributed by atoms with Crippen LogP contribution in [-0.2, 0) is 24.0 Å². The third kappa shape index (κ3) is 10.2. The molecular formula is C19H34N4O8. The molecule has 0 aliphatic rings. The van der Waals surface area contributed by atoms with E-state index in [1.165, 1.54) is 0 Å². The molecule has 0 rings (SSSR count). The fourth-order valence-electron chi connectivity index (χ4n) is 2.60. The largest absolute Gasteiger partial charge is 0.481 e. The topological polar surface area (TPSA) is 208 Å². The molecule has 0 heterocycles. The van der Waals surface area contributed by atoms with Crippen LogP contribution in [0.4, 0.5) is 0 Å². The van der Waals surface area contributed by atoms with Crippen molar-refractivity contribution in [2.45, 2.75) is 71.1 Å².